The van der Waals surface area contributed by atoms with Crippen molar-refractivity contribution < 1.29 is 8.42 Å². The molecule has 0 aliphatic rings. The number of rotatable bonds is 8. The van der Waals surface area contributed by atoms with Gasteiger partial charge in [0, 0.05) is 11.1 Å². The molecule has 0 amide bonds. The van der Waals surface area contributed by atoms with Gasteiger partial charge in [0.25, 0.3) is 0 Å². The second-order valence-electron chi connectivity index (χ2n) is 4.90. The highest BCUT2D eigenvalue weighted by molar-refractivity contribution is 7.92. The van der Waals surface area contributed by atoms with E-state index in [-0.39, 0.29) is 6.04 Å². The van der Waals surface area contributed by atoms with Gasteiger partial charge in [0.2, 0.25) is 0 Å². The van der Waals surface area contributed by atoms with Gasteiger partial charge in [-0.05, 0) is 43.7 Å². The number of sulfone groups is 1. The van der Waals surface area contributed by atoms with E-state index in [1.165, 1.54) is 0 Å². The molecule has 2 unspecified atom stereocenters. The van der Waals surface area contributed by atoms with E-state index in [0.717, 1.165) is 19.4 Å². The van der Waals surface area contributed by atoms with Gasteiger partial charge in [-0.1, -0.05) is 38.8 Å². The van der Waals surface area contributed by atoms with Crippen LogP contribution in [0.25, 0.3) is 0 Å². The molecule has 0 saturated carbocycles. The summed E-state index contributed by atoms with van der Waals surface area (Å²) in [7, 11) is -3.33. The predicted octanol–water partition coefficient (Wildman–Crippen LogP) is 3.67. The number of hydrogen-bond acceptors (Lipinski definition) is 3. The van der Waals surface area contributed by atoms with Crippen LogP contribution in [-0.4, -0.2) is 26.3 Å². The summed E-state index contributed by atoms with van der Waals surface area (Å²) in [6.07, 6.45) is 2.42. The molecule has 1 aromatic carbocycles. The van der Waals surface area contributed by atoms with E-state index in [4.69, 9.17) is 11.6 Å². The van der Waals surface area contributed by atoms with E-state index < -0.39 is 15.1 Å². The minimum atomic E-state index is -3.33. The first kappa shape index (κ1) is 17.5. The zero-order valence-electron chi connectivity index (χ0n) is 12.4. The van der Waals surface area contributed by atoms with E-state index >= 15 is 0 Å². The van der Waals surface area contributed by atoms with Gasteiger partial charge in [0.05, 0.1) is 10.1 Å². The lowest BCUT2D eigenvalue weighted by Gasteiger charge is -2.26. The Labute approximate surface area is 127 Å². The minimum absolute atomic E-state index is 0.00400. The molecule has 0 fully saturated rings. The summed E-state index contributed by atoms with van der Waals surface area (Å²) in [5.74, 6) is 0. The van der Waals surface area contributed by atoms with Crippen LogP contribution in [0.15, 0.2) is 29.2 Å². The number of benzene rings is 1. The molecule has 5 heteroatoms. The minimum Gasteiger partial charge on any atom is -0.313 e. The van der Waals surface area contributed by atoms with Crippen molar-refractivity contribution in [3.8, 4) is 0 Å². The molecule has 1 aromatic rings. The highest BCUT2D eigenvalue weighted by atomic mass is 35.5. The fraction of sp³-hybridized carbons (Fsp3) is 0.600. The molecule has 0 saturated heterocycles. The third kappa shape index (κ3) is 4.21. The van der Waals surface area contributed by atoms with Crippen molar-refractivity contribution in [3.63, 3.8) is 0 Å². The van der Waals surface area contributed by atoms with Crippen molar-refractivity contribution in [1.29, 1.82) is 0 Å². The molecule has 0 aromatic heterocycles. The van der Waals surface area contributed by atoms with Crippen molar-refractivity contribution in [2.75, 3.05) is 6.54 Å². The summed E-state index contributed by atoms with van der Waals surface area (Å²) in [6.45, 7) is 6.78. The third-order valence-corrected chi connectivity index (χ3v) is 6.10. The van der Waals surface area contributed by atoms with Crippen molar-refractivity contribution >= 4 is 21.4 Å². The van der Waals surface area contributed by atoms with Crippen molar-refractivity contribution in [1.82, 2.24) is 5.32 Å². The van der Waals surface area contributed by atoms with Crippen molar-refractivity contribution in [2.45, 2.75) is 56.2 Å². The third-order valence-electron chi connectivity index (χ3n) is 3.46. The normalized spacial score (nSPS) is 15.0. The largest absolute Gasteiger partial charge is 0.313 e. The van der Waals surface area contributed by atoms with Gasteiger partial charge in [-0.25, -0.2) is 8.42 Å². The van der Waals surface area contributed by atoms with E-state index in [0.29, 0.717) is 16.3 Å². The van der Waals surface area contributed by atoms with Crippen LogP contribution in [0.1, 0.15) is 40.0 Å². The first-order valence-corrected chi connectivity index (χ1v) is 9.12. The molecule has 0 aliphatic heterocycles. The monoisotopic (exact) mass is 317 g/mol. The smallest absolute Gasteiger partial charge is 0.182 e. The van der Waals surface area contributed by atoms with Gasteiger partial charge in [0.1, 0.15) is 0 Å². The second kappa shape index (κ2) is 8.01. The van der Waals surface area contributed by atoms with Crippen LogP contribution in [0.4, 0.5) is 0 Å². The Morgan fingerprint density at radius 2 is 1.75 bits per heavy atom. The SMILES string of the molecule is CCCC(NCC)C(CC)S(=O)(=O)c1ccc(Cl)cc1. The van der Waals surface area contributed by atoms with Crippen LogP contribution in [-0.2, 0) is 9.84 Å². The molecular formula is C15H24ClNO2S. The van der Waals surface area contributed by atoms with Crippen molar-refractivity contribution in [3.05, 3.63) is 29.3 Å². The maximum Gasteiger partial charge on any atom is 0.182 e. The van der Waals surface area contributed by atoms with E-state index in [9.17, 15) is 8.42 Å². The van der Waals surface area contributed by atoms with Crippen LogP contribution in [0.3, 0.4) is 0 Å². The maximum atomic E-state index is 12.8. The lowest BCUT2D eigenvalue weighted by molar-refractivity contribution is 0.445. The first-order chi connectivity index (χ1) is 9.47. The number of nitrogens with one attached hydrogen (secondary N) is 1. The molecule has 2 atom stereocenters. The maximum absolute atomic E-state index is 12.8. The molecular weight excluding hydrogens is 294 g/mol. The number of halogens is 1. The Balaban J connectivity index is 3.10. The average molecular weight is 318 g/mol. The van der Waals surface area contributed by atoms with Crippen LogP contribution < -0.4 is 5.32 Å². The standard InChI is InChI=1S/C15H24ClNO2S/c1-4-7-14(17-6-3)15(5-2)20(18,19)13-10-8-12(16)9-11-13/h8-11,14-15,17H,4-7H2,1-3H3. The van der Waals surface area contributed by atoms with Gasteiger partial charge >= 0.3 is 0 Å². The Kier molecular flexibility index (Phi) is 7.00. The van der Waals surface area contributed by atoms with Gasteiger partial charge in [0.15, 0.2) is 9.84 Å². The number of hydrogen-bond donors (Lipinski definition) is 1. The van der Waals surface area contributed by atoms with Crippen LogP contribution in [0.2, 0.25) is 5.02 Å². The Hall–Kier alpha value is -0.580. The summed E-state index contributed by atoms with van der Waals surface area (Å²) >= 11 is 5.83. The summed E-state index contributed by atoms with van der Waals surface area (Å²) in [6, 6.07) is 6.44. The van der Waals surface area contributed by atoms with E-state index in [1.807, 2.05) is 13.8 Å². The van der Waals surface area contributed by atoms with Crippen LogP contribution in [0, 0.1) is 0 Å². The molecule has 0 spiro atoms. The summed E-state index contributed by atoms with van der Waals surface area (Å²) in [5.41, 5.74) is 0. The quantitative estimate of drug-likeness (QED) is 0.795. The summed E-state index contributed by atoms with van der Waals surface area (Å²) in [5, 5.41) is 3.47. The van der Waals surface area contributed by atoms with Crippen LogP contribution >= 0.6 is 11.6 Å². The molecule has 0 heterocycles. The van der Waals surface area contributed by atoms with Crippen LogP contribution in [0.5, 0.6) is 0 Å². The van der Waals surface area contributed by atoms with Gasteiger partial charge in [-0.2, -0.15) is 0 Å². The Bertz CT molecular complexity index is 493. The summed E-state index contributed by atoms with van der Waals surface area (Å²) in [4.78, 5) is 0.354. The van der Waals surface area contributed by atoms with Gasteiger partial charge in [-0.3, -0.25) is 0 Å². The Morgan fingerprint density at radius 1 is 1.15 bits per heavy atom. The highest BCUT2D eigenvalue weighted by Gasteiger charge is 2.32. The molecule has 0 radical (unpaired) electrons. The van der Waals surface area contributed by atoms with Gasteiger partial charge < -0.3 is 5.32 Å². The summed E-state index contributed by atoms with van der Waals surface area (Å²) < 4.78 is 25.6. The molecule has 3 nitrogen and oxygen atoms in total. The first-order valence-electron chi connectivity index (χ1n) is 7.20. The Morgan fingerprint density at radius 3 is 2.20 bits per heavy atom. The van der Waals surface area contributed by atoms with E-state index in [1.54, 1.807) is 24.3 Å². The lowest BCUT2D eigenvalue weighted by atomic mass is 10.1. The average Bonchev–Trinajstić information content (AvgIpc) is 2.40. The second-order valence-corrected chi connectivity index (χ2v) is 7.50. The molecule has 0 aliphatic carbocycles. The zero-order chi connectivity index (χ0) is 15.2. The predicted molar refractivity (Wildman–Crippen MR) is 85.1 cm³/mol. The highest BCUT2D eigenvalue weighted by Crippen LogP contribution is 2.24. The molecule has 1 rings (SSSR count). The fourth-order valence-corrected chi connectivity index (χ4v) is 4.61. The van der Waals surface area contributed by atoms with Gasteiger partial charge in [-0.15, -0.1) is 0 Å². The molecule has 114 valence electrons. The lowest BCUT2D eigenvalue weighted by Crippen LogP contribution is -2.43. The van der Waals surface area contributed by atoms with Crippen molar-refractivity contribution in [2.24, 2.45) is 0 Å². The fourth-order valence-electron chi connectivity index (χ4n) is 2.51. The molecule has 20 heavy (non-hydrogen) atoms. The molecule has 0 bridgehead atoms. The molecule has 1 N–H and O–H groups in total. The van der Waals surface area contributed by atoms with E-state index in [2.05, 4.69) is 12.2 Å². The topological polar surface area (TPSA) is 46.2 Å². The zero-order valence-corrected chi connectivity index (χ0v) is 14.0.